The van der Waals surface area contributed by atoms with Crippen LogP contribution in [0, 0.1) is 0 Å². The lowest BCUT2D eigenvalue weighted by atomic mass is 10.3. The molecule has 2 N–H and O–H groups in total. The minimum atomic E-state index is -0.312. The Labute approximate surface area is 162 Å². The molecule has 4 aromatic rings. The molecule has 0 atom stereocenters. The molecule has 10 heteroatoms. The predicted molar refractivity (Wildman–Crippen MR) is 104 cm³/mol. The maximum Gasteiger partial charge on any atom is 0.266 e. The van der Waals surface area contributed by atoms with Crippen molar-refractivity contribution in [3.05, 3.63) is 59.1 Å². The van der Waals surface area contributed by atoms with Crippen molar-refractivity contribution < 1.29 is 13.9 Å². The van der Waals surface area contributed by atoms with Crippen molar-refractivity contribution in [2.45, 2.75) is 5.16 Å². The van der Waals surface area contributed by atoms with Crippen molar-refractivity contribution in [1.29, 1.82) is 0 Å². The smallest absolute Gasteiger partial charge is 0.266 e. The van der Waals surface area contributed by atoms with Gasteiger partial charge in [0.2, 0.25) is 5.91 Å². The number of nitrogens with zero attached hydrogens (tertiary/aromatic N) is 3. The number of aromatic amines is 1. The Bertz CT molecular complexity index is 1180. The zero-order valence-corrected chi connectivity index (χ0v) is 15.5. The highest BCUT2D eigenvalue weighted by atomic mass is 32.2. The standard InChI is InChI=1S/C18H15N5O4S/c1-26-12-5-2-4-11(8-12)19-16(25)10-28-18-21-17(13-6-3-7-27-13)20-14-9-15(24)22-23(14)18/h2-9H,10H2,1H3,(H,19,25)(H,22,24). The van der Waals surface area contributed by atoms with Crippen molar-refractivity contribution in [3.63, 3.8) is 0 Å². The van der Waals surface area contributed by atoms with Gasteiger partial charge in [0.15, 0.2) is 22.4 Å². The number of aromatic nitrogens is 4. The van der Waals surface area contributed by atoms with E-state index in [1.165, 1.54) is 28.6 Å². The largest absolute Gasteiger partial charge is 0.497 e. The molecule has 0 bridgehead atoms. The first kappa shape index (κ1) is 17.9. The Morgan fingerprint density at radius 2 is 2.18 bits per heavy atom. The van der Waals surface area contributed by atoms with Crippen LogP contribution in [0.15, 0.2) is 63.1 Å². The number of anilines is 1. The summed E-state index contributed by atoms with van der Waals surface area (Å²) in [5.41, 5.74) is 0.708. The summed E-state index contributed by atoms with van der Waals surface area (Å²) < 4.78 is 11.9. The Morgan fingerprint density at radius 3 is 2.96 bits per heavy atom. The molecular formula is C18H15N5O4S. The van der Waals surface area contributed by atoms with Gasteiger partial charge in [-0.05, 0) is 24.3 Å². The van der Waals surface area contributed by atoms with Gasteiger partial charge in [-0.1, -0.05) is 17.8 Å². The number of amides is 1. The number of hydrogen-bond acceptors (Lipinski definition) is 7. The number of H-pyrrole nitrogens is 1. The van der Waals surface area contributed by atoms with Crippen molar-refractivity contribution in [1.82, 2.24) is 19.6 Å². The molecule has 0 fully saturated rings. The first-order valence-corrected chi connectivity index (χ1v) is 9.21. The summed E-state index contributed by atoms with van der Waals surface area (Å²) >= 11 is 1.17. The summed E-state index contributed by atoms with van der Waals surface area (Å²) in [6.45, 7) is 0. The van der Waals surface area contributed by atoms with Gasteiger partial charge >= 0.3 is 0 Å². The third kappa shape index (κ3) is 3.76. The zero-order valence-electron chi connectivity index (χ0n) is 14.7. The number of carbonyl (C=O) groups excluding carboxylic acids is 1. The Kier molecular flexibility index (Phi) is 4.85. The highest BCUT2D eigenvalue weighted by Crippen LogP contribution is 2.22. The van der Waals surface area contributed by atoms with Crippen LogP contribution in [-0.4, -0.2) is 38.4 Å². The summed E-state index contributed by atoms with van der Waals surface area (Å²) in [5.74, 6) is 1.31. The van der Waals surface area contributed by atoms with Crippen molar-refractivity contribution >= 4 is 29.0 Å². The third-order valence-corrected chi connectivity index (χ3v) is 4.69. The highest BCUT2D eigenvalue weighted by molar-refractivity contribution is 7.99. The van der Waals surface area contributed by atoms with Crippen LogP contribution in [0.2, 0.25) is 0 Å². The van der Waals surface area contributed by atoms with Crippen molar-refractivity contribution in [2.24, 2.45) is 0 Å². The minimum absolute atomic E-state index is 0.0845. The summed E-state index contributed by atoms with van der Waals surface area (Å²) in [7, 11) is 1.56. The van der Waals surface area contributed by atoms with Gasteiger partial charge in [0.05, 0.1) is 19.1 Å². The molecule has 3 heterocycles. The van der Waals surface area contributed by atoms with E-state index in [9.17, 15) is 9.59 Å². The van der Waals surface area contributed by atoms with E-state index in [-0.39, 0.29) is 17.2 Å². The number of fused-ring (bicyclic) bond motifs is 1. The maximum atomic E-state index is 12.3. The fourth-order valence-corrected chi connectivity index (χ4v) is 3.28. The van der Waals surface area contributed by atoms with Gasteiger partial charge < -0.3 is 14.5 Å². The van der Waals surface area contributed by atoms with E-state index in [4.69, 9.17) is 9.15 Å². The van der Waals surface area contributed by atoms with Gasteiger partial charge in [0.25, 0.3) is 5.56 Å². The second-order valence-electron chi connectivity index (χ2n) is 5.69. The lowest BCUT2D eigenvalue weighted by molar-refractivity contribution is -0.113. The summed E-state index contributed by atoms with van der Waals surface area (Å²) in [6, 6.07) is 11.9. The molecule has 142 valence electrons. The predicted octanol–water partition coefficient (Wildman–Crippen LogP) is 2.42. The Morgan fingerprint density at radius 1 is 1.29 bits per heavy atom. The van der Waals surface area contributed by atoms with Gasteiger partial charge in [-0.3, -0.25) is 14.7 Å². The number of carbonyl (C=O) groups is 1. The van der Waals surface area contributed by atoms with E-state index in [1.54, 1.807) is 43.5 Å². The molecule has 4 rings (SSSR count). The number of ether oxygens (including phenoxy) is 1. The second kappa shape index (κ2) is 7.61. The van der Waals surface area contributed by atoms with Crippen LogP contribution in [-0.2, 0) is 4.79 Å². The second-order valence-corrected chi connectivity index (χ2v) is 6.63. The van der Waals surface area contributed by atoms with Crippen LogP contribution in [0.3, 0.4) is 0 Å². The molecule has 9 nitrogen and oxygen atoms in total. The van der Waals surface area contributed by atoms with Crippen LogP contribution >= 0.6 is 11.8 Å². The number of methoxy groups -OCH3 is 1. The van der Waals surface area contributed by atoms with Crippen LogP contribution in [0.1, 0.15) is 0 Å². The van der Waals surface area contributed by atoms with Gasteiger partial charge in [-0.25, -0.2) is 9.50 Å². The monoisotopic (exact) mass is 397 g/mol. The van der Waals surface area contributed by atoms with Gasteiger partial charge in [-0.2, -0.15) is 4.98 Å². The van der Waals surface area contributed by atoms with Gasteiger partial charge in [0.1, 0.15) is 5.75 Å². The molecule has 0 radical (unpaired) electrons. The molecule has 0 unspecified atom stereocenters. The third-order valence-electron chi connectivity index (χ3n) is 3.75. The number of hydrogen-bond donors (Lipinski definition) is 2. The van der Waals surface area contributed by atoms with Crippen LogP contribution in [0.25, 0.3) is 17.2 Å². The summed E-state index contributed by atoms with van der Waals surface area (Å²) in [5, 5.41) is 5.84. The molecule has 1 aromatic carbocycles. The fourth-order valence-electron chi connectivity index (χ4n) is 2.52. The van der Waals surface area contributed by atoms with E-state index in [2.05, 4.69) is 20.4 Å². The van der Waals surface area contributed by atoms with Crippen molar-refractivity contribution in [2.75, 3.05) is 18.2 Å². The quantitative estimate of drug-likeness (QED) is 0.480. The highest BCUT2D eigenvalue weighted by Gasteiger charge is 2.14. The average Bonchev–Trinajstić information content (AvgIpc) is 3.35. The normalized spacial score (nSPS) is 10.9. The first-order valence-electron chi connectivity index (χ1n) is 8.23. The molecule has 0 spiro atoms. The molecule has 0 saturated heterocycles. The van der Waals surface area contributed by atoms with Crippen LogP contribution < -0.4 is 15.6 Å². The van der Waals surface area contributed by atoms with E-state index in [1.807, 2.05) is 0 Å². The number of rotatable bonds is 6. The minimum Gasteiger partial charge on any atom is -0.497 e. The first-order chi connectivity index (χ1) is 13.6. The van der Waals surface area contributed by atoms with Crippen LogP contribution in [0.4, 0.5) is 5.69 Å². The number of nitrogens with one attached hydrogen (secondary N) is 2. The maximum absolute atomic E-state index is 12.3. The SMILES string of the molecule is COc1cccc(NC(=O)CSc2nc(-c3ccco3)nc3cc(=O)[nH]n23)c1. The number of thioether (sulfide) groups is 1. The lowest BCUT2D eigenvalue weighted by Gasteiger charge is -2.08. The Balaban J connectivity index is 1.55. The molecule has 28 heavy (non-hydrogen) atoms. The van der Waals surface area contributed by atoms with Crippen LogP contribution in [0.5, 0.6) is 5.75 Å². The topological polar surface area (TPSA) is 115 Å². The molecule has 0 aliphatic heterocycles. The van der Waals surface area contributed by atoms with E-state index >= 15 is 0 Å². The molecule has 0 saturated carbocycles. The number of benzene rings is 1. The lowest BCUT2D eigenvalue weighted by Crippen LogP contribution is -2.15. The van der Waals surface area contributed by atoms with Crippen molar-refractivity contribution in [3.8, 4) is 17.3 Å². The molecule has 0 aliphatic carbocycles. The van der Waals surface area contributed by atoms with E-state index in [0.717, 1.165) is 0 Å². The summed E-state index contributed by atoms with van der Waals surface area (Å²) in [6.07, 6.45) is 1.51. The van der Waals surface area contributed by atoms with Gasteiger partial charge in [-0.15, -0.1) is 0 Å². The zero-order chi connectivity index (χ0) is 19.5. The number of furan rings is 1. The molecular weight excluding hydrogens is 382 g/mol. The summed E-state index contributed by atoms with van der Waals surface area (Å²) in [4.78, 5) is 32.8. The molecule has 1 amide bonds. The fraction of sp³-hybridized carbons (Fsp3) is 0.111. The molecule has 3 aromatic heterocycles. The van der Waals surface area contributed by atoms with E-state index < -0.39 is 0 Å². The van der Waals surface area contributed by atoms with E-state index in [0.29, 0.717) is 33.8 Å². The average molecular weight is 397 g/mol. The Hall–Kier alpha value is -3.53. The van der Waals surface area contributed by atoms with Gasteiger partial charge in [0, 0.05) is 17.8 Å². The molecule has 0 aliphatic rings.